The van der Waals surface area contributed by atoms with Gasteiger partial charge in [0.1, 0.15) is 0 Å². The van der Waals surface area contributed by atoms with Crippen LogP contribution in [0.25, 0.3) is 0 Å². The molecule has 2 aromatic rings. The number of carbonyl (C=O) groups excluding carboxylic acids is 2. The molecule has 2 aromatic carbocycles. The van der Waals surface area contributed by atoms with Gasteiger partial charge in [-0.05, 0) is 24.0 Å². The van der Waals surface area contributed by atoms with Crippen LogP contribution in [0.1, 0.15) is 36.4 Å². The van der Waals surface area contributed by atoms with Gasteiger partial charge in [-0.15, -0.1) is 0 Å². The summed E-state index contributed by atoms with van der Waals surface area (Å²) in [6, 6.07) is 18.6. The number of hydrogen-bond donors (Lipinski definition) is 3. The van der Waals surface area contributed by atoms with Gasteiger partial charge in [-0.25, -0.2) is 4.79 Å². The van der Waals surface area contributed by atoms with Gasteiger partial charge >= 0.3 is 6.03 Å². The van der Waals surface area contributed by atoms with Gasteiger partial charge in [0.15, 0.2) is 0 Å². The number of carbonyl (C=O) groups is 2. The van der Waals surface area contributed by atoms with Gasteiger partial charge in [0.25, 0.3) is 0 Å². The van der Waals surface area contributed by atoms with Crippen molar-refractivity contribution in [3.05, 3.63) is 71.8 Å². The summed E-state index contributed by atoms with van der Waals surface area (Å²) in [5.74, 6) is -0.0928. The minimum absolute atomic E-state index is 0.0658. The van der Waals surface area contributed by atoms with Crippen LogP contribution in [0, 0.1) is 0 Å². The first-order chi connectivity index (χ1) is 12.1. The van der Waals surface area contributed by atoms with Crippen LogP contribution < -0.4 is 16.4 Å². The Morgan fingerprint density at radius 1 is 1.00 bits per heavy atom. The molecule has 0 heterocycles. The molecule has 0 radical (unpaired) electrons. The summed E-state index contributed by atoms with van der Waals surface area (Å²) in [4.78, 5) is 23.7. The van der Waals surface area contributed by atoms with Crippen LogP contribution in [0.15, 0.2) is 60.7 Å². The van der Waals surface area contributed by atoms with Crippen LogP contribution in [0.4, 0.5) is 4.79 Å². The molecule has 0 aromatic heterocycles. The Labute approximate surface area is 147 Å². The average Bonchev–Trinajstić information content (AvgIpc) is 3.42. The fraction of sp³-hybridized carbons (Fsp3) is 0.300. The molecule has 1 saturated carbocycles. The highest BCUT2D eigenvalue weighted by atomic mass is 16.2. The summed E-state index contributed by atoms with van der Waals surface area (Å²) in [5.41, 5.74) is 7.45. The Bertz CT molecular complexity index is 727. The smallest absolute Gasteiger partial charge is 0.312 e. The van der Waals surface area contributed by atoms with E-state index in [4.69, 9.17) is 5.73 Å². The second-order valence-electron chi connectivity index (χ2n) is 6.60. The molecule has 1 aliphatic rings. The van der Waals surface area contributed by atoms with E-state index in [0.717, 1.165) is 18.4 Å². The van der Waals surface area contributed by atoms with E-state index >= 15 is 0 Å². The van der Waals surface area contributed by atoms with E-state index in [2.05, 4.69) is 22.8 Å². The molecule has 3 amide bonds. The number of amides is 3. The fourth-order valence-corrected chi connectivity index (χ4v) is 3.14. The van der Waals surface area contributed by atoms with Crippen molar-refractivity contribution in [3.63, 3.8) is 0 Å². The third-order valence-corrected chi connectivity index (χ3v) is 4.77. The largest absolute Gasteiger partial charge is 0.355 e. The first-order valence-corrected chi connectivity index (χ1v) is 8.52. The summed E-state index contributed by atoms with van der Waals surface area (Å²) in [5, 5.41) is 5.68. The molecule has 130 valence electrons. The second kappa shape index (κ2) is 7.38. The van der Waals surface area contributed by atoms with Crippen LogP contribution in [-0.4, -0.2) is 18.5 Å². The average molecular weight is 337 g/mol. The van der Waals surface area contributed by atoms with E-state index in [1.54, 1.807) is 0 Å². The molecule has 4 N–H and O–H groups in total. The molecule has 1 fully saturated rings. The van der Waals surface area contributed by atoms with E-state index in [1.165, 1.54) is 5.56 Å². The van der Waals surface area contributed by atoms with Crippen LogP contribution in [0.5, 0.6) is 0 Å². The molecule has 0 spiro atoms. The van der Waals surface area contributed by atoms with Gasteiger partial charge in [0.2, 0.25) is 5.91 Å². The lowest BCUT2D eigenvalue weighted by atomic mass is 9.96. The molecule has 5 nitrogen and oxygen atoms in total. The lowest BCUT2D eigenvalue weighted by Crippen LogP contribution is -2.38. The number of urea groups is 1. The lowest BCUT2D eigenvalue weighted by Gasteiger charge is -2.20. The van der Waals surface area contributed by atoms with Gasteiger partial charge in [-0.2, -0.15) is 0 Å². The number of benzene rings is 2. The maximum absolute atomic E-state index is 12.4. The summed E-state index contributed by atoms with van der Waals surface area (Å²) >= 11 is 0. The molecular formula is C20H23N3O2. The molecule has 5 heteroatoms. The van der Waals surface area contributed by atoms with Crippen molar-refractivity contribution in [2.24, 2.45) is 5.73 Å². The highest BCUT2D eigenvalue weighted by molar-refractivity contribution is 5.79. The van der Waals surface area contributed by atoms with E-state index in [9.17, 15) is 9.59 Å². The fourth-order valence-electron chi connectivity index (χ4n) is 3.14. The number of hydrogen-bond acceptors (Lipinski definition) is 2. The minimum atomic E-state index is -0.635. The predicted octanol–water partition coefficient (Wildman–Crippen LogP) is 2.63. The number of nitrogens with one attached hydrogen (secondary N) is 2. The summed E-state index contributed by atoms with van der Waals surface area (Å²) < 4.78 is 0. The Morgan fingerprint density at radius 2 is 1.60 bits per heavy atom. The third-order valence-electron chi connectivity index (χ3n) is 4.77. The van der Waals surface area contributed by atoms with E-state index < -0.39 is 12.1 Å². The summed E-state index contributed by atoms with van der Waals surface area (Å²) in [6.45, 7) is 0.619. The maximum Gasteiger partial charge on any atom is 0.312 e. The molecule has 0 saturated heterocycles. The molecule has 3 rings (SSSR count). The molecule has 1 aliphatic carbocycles. The van der Waals surface area contributed by atoms with Gasteiger partial charge in [-0.1, -0.05) is 60.7 Å². The SMILES string of the molecule is NC(=O)N[C@@H](CC(=O)NCC1(c2ccccc2)CC1)c1ccccc1. The van der Waals surface area contributed by atoms with Crippen LogP contribution in [-0.2, 0) is 10.2 Å². The number of nitrogens with two attached hydrogens (primary N) is 1. The molecule has 1 atom stereocenters. The molecular weight excluding hydrogens is 314 g/mol. The monoisotopic (exact) mass is 337 g/mol. The number of rotatable bonds is 7. The van der Waals surface area contributed by atoms with Crippen molar-refractivity contribution in [3.8, 4) is 0 Å². The van der Waals surface area contributed by atoms with Crippen LogP contribution in [0.2, 0.25) is 0 Å². The Hall–Kier alpha value is -2.82. The lowest BCUT2D eigenvalue weighted by molar-refractivity contribution is -0.121. The summed E-state index contributed by atoms with van der Waals surface area (Å²) in [6.07, 6.45) is 2.33. The van der Waals surface area contributed by atoms with Crippen molar-refractivity contribution >= 4 is 11.9 Å². The van der Waals surface area contributed by atoms with Gasteiger partial charge in [0.05, 0.1) is 12.5 Å². The quantitative estimate of drug-likeness (QED) is 0.725. The van der Waals surface area contributed by atoms with Gasteiger partial charge in [-0.3, -0.25) is 4.79 Å². The third kappa shape index (κ3) is 4.38. The molecule has 0 bridgehead atoms. The normalized spacial score (nSPS) is 15.8. The standard InChI is InChI=1S/C20H23N3O2/c21-19(25)23-17(15-7-3-1-4-8-15)13-18(24)22-14-20(11-12-20)16-9-5-2-6-10-16/h1-10,17H,11-14H2,(H,22,24)(H3,21,23,25)/t17-/m0/s1. The first-order valence-electron chi connectivity index (χ1n) is 8.52. The van der Waals surface area contributed by atoms with Gasteiger partial charge < -0.3 is 16.4 Å². The molecule has 25 heavy (non-hydrogen) atoms. The zero-order chi connectivity index (χ0) is 17.7. The van der Waals surface area contributed by atoms with Crippen molar-refractivity contribution in [1.29, 1.82) is 0 Å². The first kappa shape index (κ1) is 17.0. The summed E-state index contributed by atoms with van der Waals surface area (Å²) in [7, 11) is 0. The minimum Gasteiger partial charge on any atom is -0.355 e. The predicted molar refractivity (Wildman–Crippen MR) is 96.9 cm³/mol. The zero-order valence-electron chi connectivity index (χ0n) is 14.1. The Balaban J connectivity index is 1.60. The highest BCUT2D eigenvalue weighted by Gasteiger charge is 2.44. The van der Waals surface area contributed by atoms with Crippen molar-refractivity contribution in [2.45, 2.75) is 30.7 Å². The van der Waals surface area contributed by atoms with E-state index in [0.29, 0.717) is 6.54 Å². The number of primary amides is 1. The Kier molecular flexibility index (Phi) is 5.03. The van der Waals surface area contributed by atoms with E-state index in [-0.39, 0.29) is 17.7 Å². The van der Waals surface area contributed by atoms with E-state index in [1.807, 2.05) is 48.5 Å². The van der Waals surface area contributed by atoms with Crippen molar-refractivity contribution < 1.29 is 9.59 Å². The Morgan fingerprint density at radius 3 is 2.16 bits per heavy atom. The zero-order valence-corrected chi connectivity index (χ0v) is 14.1. The molecule has 0 unspecified atom stereocenters. The van der Waals surface area contributed by atoms with Crippen molar-refractivity contribution in [1.82, 2.24) is 10.6 Å². The van der Waals surface area contributed by atoms with Crippen molar-refractivity contribution in [2.75, 3.05) is 6.54 Å². The molecule has 0 aliphatic heterocycles. The maximum atomic E-state index is 12.4. The topological polar surface area (TPSA) is 84.2 Å². The van der Waals surface area contributed by atoms with Crippen LogP contribution in [0.3, 0.4) is 0 Å². The highest BCUT2D eigenvalue weighted by Crippen LogP contribution is 2.47. The second-order valence-corrected chi connectivity index (χ2v) is 6.60. The van der Waals surface area contributed by atoms with Gasteiger partial charge in [0, 0.05) is 12.0 Å². The van der Waals surface area contributed by atoms with Crippen LogP contribution >= 0.6 is 0 Å².